The van der Waals surface area contributed by atoms with Crippen LogP contribution in [0.2, 0.25) is 0 Å². The number of nitrogens with zero attached hydrogens (tertiary/aromatic N) is 1. The van der Waals surface area contributed by atoms with Crippen LogP contribution >= 0.6 is 0 Å². The number of hydrogen-bond acceptors (Lipinski definition) is 4. The Labute approximate surface area is 144 Å². The summed E-state index contributed by atoms with van der Waals surface area (Å²) in [6.45, 7) is 2.00. The van der Waals surface area contributed by atoms with E-state index >= 15 is 0 Å². The summed E-state index contributed by atoms with van der Waals surface area (Å²) in [5.74, 6) is -2.64. The zero-order chi connectivity index (χ0) is 17.8. The number of para-hydroxylation sites is 1. The second-order valence-electron chi connectivity index (χ2n) is 5.68. The van der Waals surface area contributed by atoms with Gasteiger partial charge >= 0.3 is 0 Å². The summed E-state index contributed by atoms with van der Waals surface area (Å²) in [6.07, 6.45) is 0. The first kappa shape index (κ1) is 16.5. The molecule has 0 aliphatic rings. The number of Topliss-reactive ketones (excluding diaryl/α,β-unsaturated/α-hetero) is 1. The second kappa shape index (κ2) is 7.02. The van der Waals surface area contributed by atoms with Crippen molar-refractivity contribution in [3.63, 3.8) is 0 Å². The van der Waals surface area contributed by atoms with Gasteiger partial charge in [0.15, 0.2) is 11.7 Å². The van der Waals surface area contributed by atoms with Crippen LogP contribution < -0.4 is 5.32 Å². The molecule has 1 N–H and O–H groups in total. The van der Waals surface area contributed by atoms with Crippen LogP contribution in [0.15, 0.2) is 59.0 Å². The molecule has 2 aromatic carbocycles. The van der Waals surface area contributed by atoms with E-state index in [9.17, 15) is 14.9 Å². The highest BCUT2D eigenvalue weighted by Crippen LogP contribution is 2.26. The van der Waals surface area contributed by atoms with Gasteiger partial charge in [-0.3, -0.25) is 9.59 Å². The van der Waals surface area contributed by atoms with Crippen molar-refractivity contribution in [3.05, 3.63) is 71.5 Å². The molecule has 0 fully saturated rings. The predicted octanol–water partition coefficient (Wildman–Crippen LogP) is 3.38. The fourth-order valence-corrected chi connectivity index (χ4v) is 2.66. The molecule has 25 heavy (non-hydrogen) atoms. The number of hydrogen-bond donors (Lipinski definition) is 1. The zero-order valence-corrected chi connectivity index (χ0v) is 13.7. The van der Waals surface area contributed by atoms with Crippen LogP contribution in [-0.2, 0) is 11.3 Å². The molecule has 0 radical (unpaired) electrons. The van der Waals surface area contributed by atoms with Crippen molar-refractivity contribution >= 4 is 22.7 Å². The van der Waals surface area contributed by atoms with Crippen LogP contribution in [0.4, 0.5) is 0 Å². The molecule has 0 aliphatic carbocycles. The van der Waals surface area contributed by atoms with Gasteiger partial charge in [-0.1, -0.05) is 48.5 Å². The lowest BCUT2D eigenvalue weighted by Gasteiger charge is -2.09. The third kappa shape index (κ3) is 3.29. The van der Waals surface area contributed by atoms with Gasteiger partial charge in [-0.05, 0) is 18.6 Å². The number of rotatable bonds is 5. The topological polar surface area (TPSA) is 83.1 Å². The van der Waals surface area contributed by atoms with E-state index < -0.39 is 17.6 Å². The van der Waals surface area contributed by atoms with Crippen molar-refractivity contribution in [2.75, 3.05) is 0 Å². The van der Waals surface area contributed by atoms with Gasteiger partial charge in [-0.15, -0.1) is 0 Å². The number of nitrogens with one attached hydrogen (secondary N) is 1. The van der Waals surface area contributed by atoms with Crippen LogP contribution in [0, 0.1) is 24.2 Å². The van der Waals surface area contributed by atoms with Crippen molar-refractivity contribution in [1.82, 2.24) is 5.32 Å². The monoisotopic (exact) mass is 332 g/mol. The molecule has 5 heteroatoms. The number of ketones is 1. The van der Waals surface area contributed by atoms with Crippen LogP contribution in [0.5, 0.6) is 0 Å². The van der Waals surface area contributed by atoms with E-state index in [0.717, 1.165) is 10.9 Å². The number of carbonyl (C=O) groups excluding carboxylic acids is 2. The summed E-state index contributed by atoms with van der Waals surface area (Å²) >= 11 is 0. The van der Waals surface area contributed by atoms with Gasteiger partial charge in [0.1, 0.15) is 5.58 Å². The molecule has 1 atom stereocenters. The lowest BCUT2D eigenvalue weighted by molar-refractivity contribution is -0.122. The number of benzene rings is 2. The minimum atomic E-state index is -1.44. The van der Waals surface area contributed by atoms with Crippen LogP contribution in [0.25, 0.3) is 11.0 Å². The summed E-state index contributed by atoms with van der Waals surface area (Å²) in [7, 11) is 0. The quantitative estimate of drug-likeness (QED) is 0.573. The van der Waals surface area contributed by atoms with Gasteiger partial charge in [0.05, 0.1) is 6.07 Å². The summed E-state index contributed by atoms with van der Waals surface area (Å²) in [6, 6.07) is 18.3. The first-order valence-electron chi connectivity index (χ1n) is 7.85. The molecule has 5 nitrogen and oxygen atoms in total. The average molecular weight is 332 g/mol. The number of nitriles is 1. The first-order chi connectivity index (χ1) is 12.1. The molecular weight excluding hydrogens is 316 g/mol. The number of fused-ring (bicyclic) bond motifs is 1. The molecule has 3 rings (SSSR count). The molecule has 0 bridgehead atoms. The molecule has 0 unspecified atom stereocenters. The number of carbonyl (C=O) groups is 2. The summed E-state index contributed by atoms with van der Waals surface area (Å²) in [4.78, 5) is 24.9. The maximum atomic E-state index is 12.6. The van der Waals surface area contributed by atoms with Crippen molar-refractivity contribution in [2.45, 2.75) is 13.5 Å². The van der Waals surface area contributed by atoms with E-state index in [2.05, 4.69) is 5.32 Å². The third-order valence-electron chi connectivity index (χ3n) is 4.03. The van der Waals surface area contributed by atoms with Gasteiger partial charge in [0.2, 0.25) is 11.7 Å². The maximum Gasteiger partial charge on any atom is 0.245 e. The van der Waals surface area contributed by atoms with E-state index in [1.54, 1.807) is 25.1 Å². The highest BCUT2D eigenvalue weighted by atomic mass is 16.3. The summed E-state index contributed by atoms with van der Waals surface area (Å²) < 4.78 is 5.58. The molecule has 0 saturated heterocycles. The Morgan fingerprint density at radius 2 is 1.80 bits per heavy atom. The van der Waals surface area contributed by atoms with Crippen LogP contribution in [0.1, 0.15) is 21.7 Å². The second-order valence-corrected chi connectivity index (χ2v) is 5.68. The maximum absolute atomic E-state index is 12.6. The minimum Gasteiger partial charge on any atom is -0.453 e. The first-order valence-corrected chi connectivity index (χ1v) is 7.85. The molecule has 124 valence electrons. The fraction of sp³-hybridized carbons (Fsp3) is 0.150. The van der Waals surface area contributed by atoms with Gasteiger partial charge in [0, 0.05) is 17.5 Å². The SMILES string of the molecule is Cc1c(C(=O)[C@@H](C#N)C(=O)NCc2ccccc2)oc2ccccc12. The Kier molecular flexibility index (Phi) is 4.62. The van der Waals surface area contributed by atoms with Crippen LogP contribution in [-0.4, -0.2) is 11.7 Å². The van der Waals surface area contributed by atoms with E-state index in [-0.39, 0.29) is 12.3 Å². The van der Waals surface area contributed by atoms with Gasteiger partial charge < -0.3 is 9.73 Å². The fourth-order valence-electron chi connectivity index (χ4n) is 2.66. The normalized spacial score (nSPS) is 11.7. The molecule has 3 aromatic rings. The van der Waals surface area contributed by atoms with E-state index in [0.29, 0.717) is 11.1 Å². The predicted molar refractivity (Wildman–Crippen MR) is 92.7 cm³/mol. The Hall–Kier alpha value is -3.39. The Balaban J connectivity index is 1.79. The lowest BCUT2D eigenvalue weighted by Crippen LogP contribution is -2.34. The van der Waals surface area contributed by atoms with Gasteiger partial charge in [-0.2, -0.15) is 5.26 Å². The van der Waals surface area contributed by atoms with Crippen molar-refractivity contribution in [2.24, 2.45) is 5.92 Å². The van der Waals surface area contributed by atoms with Crippen molar-refractivity contribution in [1.29, 1.82) is 5.26 Å². The molecule has 0 aliphatic heterocycles. The Morgan fingerprint density at radius 3 is 2.48 bits per heavy atom. The van der Waals surface area contributed by atoms with Gasteiger partial charge in [0.25, 0.3) is 0 Å². The molecule has 1 aromatic heterocycles. The molecular formula is C20H16N2O3. The highest BCUT2D eigenvalue weighted by molar-refractivity contribution is 6.13. The number of aryl methyl sites for hydroxylation is 1. The third-order valence-corrected chi connectivity index (χ3v) is 4.03. The average Bonchev–Trinajstić information content (AvgIpc) is 2.98. The molecule has 1 heterocycles. The number of furan rings is 1. The molecule has 1 amide bonds. The van der Waals surface area contributed by atoms with Crippen LogP contribution in [0.3, 0.4) is 0 Å². The standard InChI is InChI=1S/C20H16N2O3/c1-13-15-9-5-6-10-17(15)25-19(13)18(23)16(11-21)20(24)22-12-14-7-3-2-4-8-14/h2-10,16H,12H2,1H3,(H,22,24)/t16-/m1/s1. The minimum absolute atomic E-state index is 0.0580. The molecule has 0 saturated carbocycles. The Morgan fingerprint density at radius 1 is 1.12 bits per heavy atom. The summed E-state index contributed by atoms with van der Waals surface area (Å²) in [5, 5.41) is 12.7. The van der Waals surface area contributed by atoms with Crippen molar-refractivity contribution < 1.29 is 14.0 Å². The van der Waals surface area contributed by atoms with E-state index in [1.807, 2.05) is 42.5 Å². The van der Waals surface area contributed by atoms with Gasteiger partial charge in [-0.25, -0.2) is 0 Å². The van der Waals surface area contributed by atoms with E-state index in [4.69, 9.17) is 4.42 Å². The van der Waals surface area contributed by atoms with E-state index in [1.165, 1.54) is 0 Å². The molecule has 0 spiro atoms. The Bertz CT molecular complexity index is 968. The lowest BCUT2D eigenvalue weighted by atomic mass is 9.99. The zero-order valence-electron chi connectivity index (χ0n) is 13.7. The summed E-state index contributed by atoms with van der Waals surface area (Å²) in [5.41, 5.74) is 2.08. The smallest absolute Gasteiger partial charge is 0.245 e. The highest BCUT2D eigenvalue weighted by Gasteiger charge is 2.31. The largest absolute Gasteiger partial charge is 0.453 e. The number of amides is 1. The van der Waals surface area contributed by atoms with Crippen molar-refractivity contribution in [3.8, 4) is 6.07 Å².